The van der Waals surface area contributed by atoms with Crippen molar-refractivity contribution < 1.29 is 46.1 Å². The van der Waals surface area contributed by atoms with Crippen molar-refractivity contribution in [3.8, 4) is 12.0 Å². The lowest BCUT2D eigenvalue weighted by molar-refractivity contribution is -0.157. The van der Waals surface area contributed by atoms with Crippen molar-refractivity contribution in [2.24, 2.45) is 0 Å². The van der Waals surface area contributed by atoms with E-state index < -0.39 is 58.9 Å². The molecule has 0 bridgehead atoms. The molecule has 0 saturated carbocycles. The van der Waals surface area contributed by atoms with E-state index in [0.29, 0.717) is 11.1 Å². The van der Waals surface area contributed by atoms with Gasteiger partial charge in [-0.1, -0.05) is 60.7 Å². The van der Waals surface area contributed by atoms with Crippen LogP contribution in [0.5, 0.6) is 12.0 Å². The van der Waals surface area contributed by atoms with Crippen LogP contribution >= 0.6 is 0 Å². The molecule has 4 unspecified atom stereocenters. The van der Waals surface area contributed by atoms with E-state index in [1.54, 1.807) is 60.7 Å². The molecule has 0 spiro atoms. The van der Waals surface area contributed by atoms with E-state index in [1.807, 2.05) is 0 Å². The Kier molecular flexibility index (Phi) is 7.35. The molecule has 14 heteroatoms. The molecule has 2 aliphatic rings. The molecule has 250 valence electrons. The van der Waals surface area contributed by atoms with Crippen molar-refractivity contribution in [3.05, 3.63) is 167 Å². The van der Waals surface area contributed by atoms with Crippen molar-refractivity contribution >= 4 is 11.9 Å². The molecule has 50 heavy (non-hydrogen) atoms. The van der Waals surface area contributed by atoms with Crippen molar-refractivity contribution in [1.29, 1.82) is 0 Å². The third kappa shape index (κ3) is 5.04. The second-order valence-electron chi connectivity index (χ2n) is 11.4. The quantitative estimate of drug-likeness (QED) is 0.0821. The first kappa shape index (κ1) is 31.2. The number of halogens is 4. The van der Waals surface area contributed by atoms with Gasteiger partial charge in [0.1, 0.15) is 23.3 Å². The van der Waals surface area contributed by atoms with Gasteiger partial charge in [-0.2, -0.15) is 0 Å². The average Bonchev–Trinajstić information content (AvgIpc) is 3.91. The zero-order valence-corrected chi connectivity index (χ0v) is 25.5. The van der Waals surface area contributed by atoms with E-state index in [9.17, 15) is 18.4 Å². The first-order valence-electron chi connectivity index (χ1n) is 15.1. The summed E-state index contributed by atoms with van der Waals surface area (Å²) in [7, 11) is 0. The van der Waals surface area contributed by atoms with Gasteiger partial charge in [0.2, 0.25) is 0 Å². The molecule has 6 aromatic rings. The van der Waals surface area contributed by atoms with E-state index in [0.717, 1.165) is 24.3 Å². The van der Waals surface area contributed by atoms with Crippen LogP contribution in [0.2, 0.25) is 0 Å². The maximum absolute atomic E-state index is 15.1. The van der Waals surface area contributed by atoms with E-state index >= 15 is 8.78 Å². The zero-order chi connectivity index (χ0) is 34.6. The molecule has 0 aliphatic carbocycles. The highest BCUT2D eigenvalue weighted by atomic mass is 19.1. The summed E-state index contributed by atoms with van der Waals surface area (Å²) in [5.74, 6) is -6.23. The highest BCUT2D eigenvalue weighted by molar-refractivity contribution is 6.30. The largest absolute Gasteiger partial charge is 0.425 e. The number of nitrogens with zero attached hydrogens (tertiary/aromatic N) is 4. The Morgan fingerprint density at radius 2 is 1.00 bits per heavy atom. The van der Waals surface area contributed by atoms with Crippen LogP contribution in [-0.4, -0.2) is 31.0 Å². The first-order valence-corrected chi connectivity index (χ1v) is 15.1. The number of carbonyl (C=O) groups is 2. The minimum atomic E-state index is -1.48. The normalized spacial score (nSPS) is 22.2. The van der Waals surface area contributed by atoms with Gasteiger partial charge in [-0.15, -0.1) is 0 Å². The Bertz CT molecular complexity index is 2110. The monoisotopic (exact) mass is 682 g/mol. The number of epoxide rings is 2. The molecule has 10 nitrogen and oxygen atoms in total. The first-order chi connectivity index (χ1) is 24.2. The number of ether oxygens (including phenoxy) is 4. The van der Waals surface area contributed by atoms with Crippen molar-refractivity contribution in [3.63, 3.8) is 0 Å². The fraction of sp³-hybridized carbons (Fsp3) is 0.111. The second kappa shape index (κ2) is 11.8. The molecule has 2 fully saturated rings. The minimum absolute atomic E-state index is 0.0294. The smallest absolute Gasteiger partial charge is 0.383 e. The van der Waals surface area contributed by atoms with E-state index in [2.05, 4.69) is 9.97 Å². The summed E-state index contributed by atoms with van der Waals surface area (Å²) in [5, 5.41) is 0. The Hall–Kier alpha value is -6.12. The summed E-state index contributed by atoms with van der Waals surface area (Å²) in [6.45, 7) is 0. The maximum atomic E-state index is 15.1. The van der Waals surface area contributed by atoms with Crippen LogP contribution in [0.25, 0.3) is 0 Å². The number of rotatable bonds is 8. The lowest BCUT2D eigenvalue weighted by Crippen LogP contribution is -2.28. The van der Waals surface area contributed by atoms with Gasteiger partial charge in [-0.25, -0.2) is 37.1 Å². The molecule has 2 saturated heterocycles. The number of aromatic nitrogens is 4. The molecular weight excluding hydrogens is 660 g/mol. The average molecular weight is 683 g/mol. The molecule has 0 amide bonds. The molecule has 4 atom stereocenters. The summed E-state index contributed by atoms with van der Waals surface area (Å²) in [4.78, 5) is 34.1. The molecule has 2 aromatic heterocycles. The summed E-state index contributed by atoms with van der Waals surface area (Å²) in [5.41, 5.74) is -1.76. The fourth-order valence-corrected chi connectivity index (χ4v) is 6.23. The van der Waals surface area contributed by atoms with Gasteiger partial charge < -0.3 is 18.9 Å². The van der Waals surface area contributed by atoms with Crippen LogP contribution in [-0.2, 0) is 30.3 Å². The molecule has 8 rings (SSSR count). The van der Waals surface area contributed by atoms with Gasteiger partial charge in [-0.3, -0.25) is 9.13 Å². The number of carbonyl (C=O) groups excluding carboxylic acids is 2. The summed E-state index contributed by atoms with van der Waals surface area (Å²) >= 11 is 0. The maximum Gasteiger partial charge on any atom is 0.425 e. The predicted octanol–water partition coefficient (Wildman–Crippen LogP) is 6.09. The summed E-state index contributed by atoms with van der Waals surface area (Å²) < 4.78 is 83.1. The van der Waals surface area contributed by atoms with E-state index in [1.165, 1.54) is 46.1 Å². The number of benzene rings is 4. The Labute approximate surface area is 280 Å². The lowest BCUT2D eigenvalue weighted by Gasteiger charge is -2.16. The van der Waals surface area contributed by atoms with Gasteiger partial charge in [0.15, 0.2) is 23.7 Å². The SMILES string of the molecule is O=C(Oc1nccn1C1OC1(c1ccccc1)c1ccc(F)cc1F)C(=O)Oc1nccn1C1OC1(c1ccccc1)c1ccc(F)cc1F. The van der Waals surface area contributed by atoms with Crippen molar-refractivity contribution in [2.75, 3.05) is 0 Å². The molecule has 4 heterocycles. The van der Waals surface area contributed by atoms with Gasteiger partial charge in [0, 0.05) is 48.0 Å². The van der Waals surface area contributed by atoms with Crippen molar-refractivity contribution in [1.82, 2.24) is 19.1 Å². The third-order valence-corrected chi connectivity index (χ3v) is 8.55. The molecular formula is C36H22F4N4O6. The molecule has 2 aliphatic heterocycles. The van der Waals surface area contributed by atoms with Crippen LogP contribution in [0, 0.1) is 23.3 Å². The van der Waals surface area contributed by atoms with E-state index in [4.69, 9.17) is 18.9 Å². The van der Waals surface area contributed by atoms with Crippen LogP contribution in [0.3, 0.4) is 0 Å². The van der Waals surface area contributed by atoms with Crippen LogP contribution in [0.4, 0.5) is 17.6 Å². The van der Waals surface area contributed by atoms with Crippen LogP contribution < -0.4 is 9.47 Å². The van der Waals surface area contributed by atoms with E-state index in [-0.39, 0.29) is 23.1 Å². The van der Waals surface area contributed by atoms with Gasteiger partial charge in [-0.05, 0) is 35.4 Å². The van der Waals surface area contributed by atoms with Crippen LogP contribution in [0.15, 0.2) is 122 Å². The topological polar surface area (TPSA) is 113 Å². The second-order valence-corrected chi connectivity index (χ2v) is 11.4. The number of esters is 2. The highest BCUT2D eigenvalue weighted by Gasteiger charge is 2.63. The molecule has 0 N–H and O–H groups in total. The Balaban J connectivity index is 1.03. The number of imidazole rings is 2. The lowest BCUT2D eigenvalue weighted by atomic mass is 9.89. The Morgan fingerprint density at radius 1 is 0.600 bits per heavy atom. The fourth-order valence-electron chi connectivity index (χ4n) is 6.23. The third-order valence-electron chi connectivity index (χ3n) is 8.55. The van der Waals surface area contributed by atoms with Gasteiger partial charge >= 0.3 is 24.0 Å². The molecule has 0 radical (unpaired) electrons. The molecule has 4 aromatic carbocycles. The number of hydrogen-bond donors (Lipinski definition) is 0. The van der Waals surface area contributed by atoms with Gasteiger partial charge in [0.25, 0.3) is 0 Å². The Morgan fingerprint density at radius 3 is 1.38 bits per heavy atom. The standard InChI is InChI=1S/C36H22F4N4O6/c37-23-11-13-25(27(39)19-23)35(21-7-3-1-4-8-21)31(49-35)43-17-15-41-33(43)47-29(45)30(46)48-34-42-16-18-44(34)32-36(50-32,22-9-5-2-6-10-22)26-14-12-24(38)20-28(26)40/h1-20,31-32H. The van der Waals surface area contributed by atoms with Gasteiger partial charge in [0.05, 0.1) is 0 Å². The van der Waals surface area contributed by atoms with Crippen molar-refractivity contribution in [2.45, 2.75) is 23.7 Å². The minimum Gasteiger partial charge on any atom is -0.383 e. The summed E-state index contributed by atoms with van der Waals surface area (Å²) in [6, 6.07) is 22.7. The highest BCUT2D eigenvalue weighted by Crippen LogP contribution is 2.61. The zero-order valence-electron chi connectivity index (χ0n) is 25.5. The van der Waals surface area contributed by atoms with Crippen LogP contribution in [0.1, 0.15) is 34.7 Å². The summed E-state index contributed by atoms with van der Waals surface area (Å²) in [6.07, 6.45) is 3.35. The number of hydrogen-bond acceptors (Lipinski definition) is 8. The predicted molar refractivity (Wildman–Crippen MR) is 163 cm³/mol.